The molecule has 3 aromatic carbocycles. The number of hydrogen-bond acceptors (Lipinski definition) is 7. The van der Waals surface area contributed by atoms with E-state index in [1.807, 2.05) is 28.8 Å². The summed E-state index contributed by atoms with van der Waals surface area (Å²) in [6, 6.07) is 20.2. The number of thioether (sulfide) groups is 1. The van der Waals surface area contributed by atoms with Gasteiger partial charge in [0, 0.05) is 23.4 Å². The van der Waals surface area contributed by atoms with Gasteiger partial charge in [-0.2, -0.15) is 0 Å². The minimum atomic E-state index is -0.974. The van der Waals surface area contributed by atoms with E-state index in [1.165, 1.54) is 23.9 Å². The number of non-ortho nitro benzene ring substituents is 1. The molecule has 0 aliphatic carbocycles. The lowest BCUT2D eigenvalue weighted by atomic mass is 10.1. The third-order valence-electron chi connectivity index (χ3n) is 4.86. The van der Waals surface area contributed by atoms with Crippen LogP contribution < -0.4 is 4.74 Å². The number of aromatic carboxylic acids is 1. The van der Waals surface area contributed by atoms with Gasteiger partial charge in [0.05, 0.1) is 23.3 Å². The number of aromatic nitrogens is 3. The Balaban J connectivity index is 1.72. The van der Waals surface area contributed by atoms with Crippen molar-refractivity contribution in [3.8, 4) is 22.8 Å². The molecule has 0 spiro atoms. The summed E-state index contributed by atoms with van der Waals surface area (Å²) in [6.45, 7) is 0. The smallest absolute Gasteiger partial charge is 0.335 e. The summed E-state index contributed by atoms with van der Waals surface area (Å²) < 4.78 is 7.38. The summed E-state index contributed by atoms with van der Waals surface area (Å²) in [6.07, 6.45) is 0. The first kappa shape index (κ1) is 22.0. The lowest BCUT2D eigenvalue weighted by Gasteiger charge is -2.14. The molecule has 4 rings (SSSR count). The fourth-order valence-electron chi connectivity index (χ4n) is 3.21. The van der Waals surface area contributed by atoms with Gasteiger partial charge in [0.1, 0.15) is 5.75 Å². The van der Waals surface area contributed by atoms with E-state index >= 15 is 0 Å². The maximum Gasteiger partial charge on any atom is 0.335 e. The predicted octanol–water partition coefficient (Wildman–Crippen LogP) is 4.84. The molecule has 4 aromatic rings. The maximum absolute atomic E-state index is 11.1. The van der Waals surface area contributed by atoms with Crippen LogP contribution in [0, 0.1) is 10.1 Å². The van der Waals surface area contributed by atoms with E-state index in [-0.39, 0.29) is 11.3 Å². The molecule has 0 unspecified atom stereocenters. The highest BCUT2D eigenvalue weighted by Crippen LogP contribution is 2.34. The molecule has 1 N–H and O–H groups in total. The quantitative estimate of drug-likeness (QED) is 0.224. The van der Waals surface area contributed by atoms with Crippen molar-refractivity contribution in [1.29, 1.82) is 0 Å². The molecule has 9 nitrogen and oxygen atoms in total. The highest BCUT2D eigenvalue weighted by atomic mass is 32.2. The molecule has 0 saturated heterocycles. The van der Waals surface area contributed by atoms with Crippen LogP contribution in [0.25, 0.3) is 17.1 Å². The number of para-hydroxylation sites is 2. The second-order valence-electron chi connectivity index (χ2n) is 6.91. The molecule has 0 saturated carbocycles. The monoisotopic (exact) mass is 462 g/mol. The Morgan fingerprint density at radius 1 is 1.06 bits per heavy atom. The first-order valence-electron chi connectivity index (χ1n) is 9.76. The average Bonchev–Trinajstić information content (AvgIpc) is 3.26. The van der Waals surface area contributed by atoms with Gasteiger partial charge < -0.3 is 9.84 Å². The molecule has 1 heterocycles. The van der Waals surface area contributed by atoms with E-state index < -0.39 is 10.9 Å². The molecule has 33 heavy (non-hydrogen) atoms. The largest absolute Gasteiger partial charge is 0.495 e. The van der Waals surface area contributed by atoms with E-state index in [0.29, 0.717) is 28.0 Å². The third-order valence-corrected chi connectivity index (χ3v) is 5.86. The van der Waals surface area contributed by atoms with Crippen molar-refractivity contribution in [3.63, 3.8) is 0 Å². The van der Waals surface area contributed by atoms with E-state index in [4.69, 9.17) is 9.84 Å². The van der Waals surface area contributed by atoms with Gasteiger partial charge in [-0.3, -0.25) is 14.7 Å². The van der Waals surface area contributed by atoms with Crippen LogP contribution in [0.4, 0.5) is 5.69 Å². The predicted molar refractivity (Wildman–Crippen MR) is 123 cm³/mol. The molecule has 0 bridgehead atoms. The lowest BCUT2D eigenvalue weighted by molar-refractivity contribution is -0.384. The van der Waals surface area contributed by atoms with Crippen molar-refractivity contribution >= 4 is 23.4 Å². The number of rotatable bonds is 8. The summed E-state index contributed by atoms with van der Waals surface area (Å²) >= 11 is 1.43. The van der Waals surface area contributed by atoms with Crippen molar-refractivity contribution in [2.75, 3.05) is 7.11 Å². The zero-order chi connectivity index (χ0) is 23.4. The van der Waals surface area contributed by atoms with Crippen LogP contribution in [0.2, 0.25) is 0 Å². The number of carboxylic acid groups (broad SMARTS) is 1. The maximum atomic E-state index is 11.1. The van der Waals surface area contributed by atoms with E-state index in [1.54, 1.807) is 43.5 Å². The number of benzene rings is 3. The standard InChI is InChI=1S/C23H18N4O5S/c1-32-20-5-3-2-4-19(20)26-21(16-10-12-18(13-11-16)27(30)31)24-25-23(26)33-14-15-6-8-17(9-7-15)22(28)29/h2-13H,14H2,1H3,(H,28,29). The van der Waals surface area contributed by atoms with Gasteiger partial charge in [-0.05, 0) is 42.0 Å². The number of ether oxygens (including phenoxy) is 1. The number of carbonyl (C=O) groups is 1. The van der Waals surface area contributed by atoms with Gasteiger partial charge in [0.25, 0.3) is 5.69 Å². The highest BCUT2D eigenvalue weighted by molar-refractivity contribution is 7.98. The summed E-state index contributed by atoms with van der Waals surface area (Å²) in [4.78, 5) is 21.6. The van der Waals surface area contributed by atoms with E-state index in [2.05, 4.69) is 10.2 Å². The second-order valence-corrected chi connectivity index (χ2v) is 7.85. The van der Waals surface area contributed by atoms with E-state index in [0.717, 1.165) is 11.3 Å². The van der Waals surface area contributed by atoms with Crippen LogP contribution in [0.3, 0.4) is 0 Å². The first-order valence-corrected chi connectivity index (χ1v) is 10.7. The Labute approximate surface area is 192 Å². The summed E-state index contributed by atoms with van der Waals surface area (Å²) in [7, 11) is 1.57. The molecule has 1 aromatic heterocycles. The first-order chi connectivity index (χ1) is 16.0. The Morgan fingerprint density at radius 3 is 2.39 bits per heavy atom. The molecular formula is C23H18N4O5S. The van der Waals surface area contributed by atoms with Crippen molar-refractivity contribution in [2.45, 2.75) is 10.9 Å². The topological polar surface area (TPSA) is 120 Å². The number of methoxy groups -OCH3 is 1. The molecule has 10 heteroatoms. The average molecular weight is 462 g/mol. The Morgan fingerprint density at radius 2 is 1.76 bits per heavy atom. The van der Waals surface area contributed by atoms with Crippen LogP contribution in [-0.4, -0.2) is 37.9 Å². The fraction of sp³-hybridized carbons (Fsp3) is 0.0870. The third kappa shape index (κ3) is 4.70. The number of nitro groups is 1. The van der Waals surface area contributed by atoms with Crippen LogP contribution in [0.1, 0.15) is 15.9 Å². The molecule has 0 radical (unpaired) electrons. The van der Waals surface area contributed by atoms with E-state index in [9.17, 15) is 14.9 Å². The molecule has 166 valence electrons. The second kappa shape index (κ2) is 9.53. The van der Waals surface area contributed by atoms with Crippen LogP contribution in [0.15, 0.2) is 78.0 Å². The number of carboxylic acids is 1. The van der Waals surface area contributed by atoms with Crippen LogP contribution in [-0.2, 0) is 5.75 Å². The summed E-state index contributed by atoms with van der Waals surface area (Å²) in [5.41, 5.74) is 2.53. The minimum absolute atomic E-state index is 0.0125. The lowest BCUT2D eigenvalue weighted by Crippen LogP contribution is -2.02. The molecule has 0 fully saturated rings. The Hall–Kier alpha value is -4.18. The van der Waals surface area contributed by atoms with Gasteiger partial charge in [-0.1, -0.05) is 36.0 Å². The van der Waals surface area contributed by atoms with Gasteiger partial charge in [-0.25, -0.2) is 4.79 Å². The van der Waals surface area contributed by atoms with Gasteiger partial charge in [0.2, 0.25) is 0 Å². The summed E-state index contributed by atoms with van der Waals surface area (Å²) in [5.74, 6) is 0.692. The normalized spacial score (nSPS) is 10.7. The fourth-order valence-corrected chi connectivity index (χ4v) is 4.11. The molecule has 0 aliphatic heterocycles. The highest BCUT2D eigenvalue weighted by Gasteiger charge is 2.19. The molecule has 0 aliphatic rings. The number of nitro benzene ring substituents is 1. The zero-order valence-electron chi connectivity index (χ0n) is 17.4. The Bertz CT molecular complexity index is 1300. The molecule has 0 atom stereocenters. The SMILES string of the molecule is COc1ccccc1-n1c(SCc2ccc(C(=O)O)cc2)nnc1-c1ccc([N+](=O)[O-])cc1. The number of nitrogens with zero attached hydrogens (tertiary/aromatic N) is 4. The van der Waals surface area contributed by atoms with Crippen molar-refractivity contribution in [2.24, 2.45) is 0 Å². The van der Waals surface area contributed by atoms with Crippen molar-refractivity contribution in [1.82, 2.24) is 14.8 Å². The van der Waals surface area contributed by atoms with Crippen LogP contribution >= 0.6 is 11.8 Å². The minimum Gasteiger partial charge on any atom is -0.495 e. The Kier molecular flexibility index (Phi) is 6.36. The van der Waals surface area contributed by atoms with Crippen molar-refractivity contribution in [3.05, 3.63) is 94.0 Å². The van der Waals surface area contributed by atoms with Gasteiger partial charge >= 0.3 is 5.97 Å². The number of hydrogen-bond donors (Lipinski definition) is 1. The van der Waals surface area contributed by atoms with Gasteiger partial charge in [0.15, 0.2) is 11.0 Å². The van der Waals surface area contributed by atoms with Crippen LogP contribution in [0.5, 0.6) is 5.75 Å². The van der Waals surface area contributed by atoms with Gasteiger partial charge in [-0.15, -0.1) is 10.2 Å². The molecule has 0 amide bonds. The summed E-state index contributed by atoms with van der Waals surface area (Å²) in [5, 5.41) is 29.4. The van der Waals surface area contributed by atoms with Crippen molar-refractivity contribution < 1.29 is 19.6 Å². The zero-order valence-corrected chi connectivity index (χ0v) is 18.2. The molecular weight excluding hydrogens is 444 g/mol.